The van der Waals surface area contributed by atoms with E-state index in [1.165, 1.54) is 46.9 Å². The van der Waals surface area contributed by atoms with Gasteiger partial charge in [-0.1, -0.05) is 0 Å². The molecule has 4 rings (SSSR count). The van der Waals surface area contributed by atoms with Crippen LogP contribution in [0.4, 0.5) is 0 Å². The summed E-state index contributed by atoms with van der Waals surface area (Å²) >= 11 is 2.08. The van der Waals surface area contributed by atoms with Crippen molar-refractivity contribution >= 4 is 22.8 Å². The van der Waals surface area contributed by atoms with Gasteiger partial charge in [-0.15, -0.1) is 0 Å². The molecule has 2 aliphatic heterocycles. The summed E-state index contributed by atoms with van der Waals surface area (Å²) in [5, 5.41) is 1.36. The maximum absolute atomic E-state index is 4.70. The number of likely N-dealkylation sites (N-methyl/N-ethyl adjacent to an activating group) is 1. The average molecular weight is 316 g/mol. The monoisotopic (exact) mass is 316 g/mol. The highest BCUT2D eigenvalue weighted by Gasteiger charge is 2.23. The second kappa shape index (κ2) is 6.22. The van der Waals surface area contributed by atoms with Gasteiger partial charge in [0, 0.05) is 74.5 Å². The molecule has 0 aromatic carbocycles. The molecule has 4 heterocycles. The summed E-state index contributed by atoms with van der Waals surface area (Å²) in [5.74, 6) is 2.57. The Labute approximate surface area is 136 Å². The van der Waals surface area contributed by atoms with Crippen LogP contribution in [0.25, 0.3) is 11.0 Å². The number of rotatable bonds is 3. The lowest BCUT2D eigenvalue weighted by atomic mass is 10.1. The molecule has 0 unspecified atom stereocenters. The minimum absolute atomic E-state index is 1.06. The van der Waals surface area contributed by atoms with Gasteiger partial charge in [-0.05, 0) is 24.7 Å². The third-order valence-electron chi connectivity index (χ3n) is 4.94. The summed E-state index contributed by atoms with van der Waals surface area (Å²) in [7, 11) is 2.22. The summed E-state index contributed by atoms with van der Waals surface area (Å²) < 4.78 is 2.50. The summed E-state index contributed by atoms with van der Waals surface area (Å²) in [6.07, 6.45) is 3.09. The molecule has 4 nitrogen and oxygen atoms in total. The highest BCUT2D eigenvalue weighted by molar-refractivity contribution is 7.99. The van der Waals surface area contributed by atoms with Gasteiger partial charge >= 0.3 is 0 Å². The highest BCUT2D eigenvalue weighted by atomic mass is 32.2. The van der Waals surface area contributed by atoms with Crippen molar-refractivity contribution in [2.24, 2.45) is 0 Å². The number of pyridine rings is 1. The van der Waals surface area contributed by atoms with E-state index in [2.05, 4.69) is 45.3 Å². The Morgan fingerprint density at radius 3 is 2.91 bits per heavy atom. The second-order valence-electron chi connectivity index (χ2n) is 6.39. The van der Waals surface area contributed by atoms with Gasteiger partial charge in [0.15, 0.2) is 0 Å². The van der Waals surface area contributed by atoms with Crippen LogP contribution in [0, 0.1) is 0 Å². The van der Waals surface area contributed by atoms with Crippen molar-refractivity contribution in [3.8, 4) is 0 Å². The SMILES string of the molecule is CN1CCc2c(c3cccnc3n2CCN2CCSCC2)C1. The highest BCUT2D eigenvalue weighted by Crippen LogP contribution is 2.29. The maximum atomic E-state index is 4.70. The first-order valence-electron chi connectivity index (χ1n) is 8.26. The fourth-order valence-electron chi connectivity index (χ4n) is 3.71. The van der Waals surface area contributed by atoms with Crippen molar-refractivity contribution in [3.63, 3.8) is 0 Å². The Morgan fingerprint density at radius 1 is 1.18 bits per heavy atom. The smallest absolute Gasteiger partial charge is 0.140 e. The minimum atomic E-state index is 1.06. The lowest BCUT2D eigenvalue weighted by molar-refractivity contribution is 0.282. The molecule has 0 atom stereocenters. The van der Waals surface area contributed by atoms with E-state index in [4.69, 9.17) is 4.98 Å². The summed E-state index contributed by atoms with van der Waals surface area (Å²) in [4.78, 5) is 9.72. The van der Waals surface area contributed by atoms with Crippen LogP contribution in [-0.2, 0) is 19.5 Å². The van der Waals surface area contributed by atoms with Gasteiger partial charge in [0.1, 0.15) is 5.65 Å². The number of nitrogens with zero attached hydrogens (tertiary/aromatic N) is 4. The van der Waals surface area contributed by atoms with Crippen molar-refractivity contribution in [1.29, 1.82) is 0 Å². The Morgan fingerprint density at radius 2 is 2.05 bits per heavy atom. The van der Waals surface area contributed by atoms with E-state index in [-0.39, 0.29) is 0 Å². The Kier molecular flexibility index (Phi) is 4.11. The predicted octanol–water partition coefficient (Wildman–Crippen LogP) is 2.07. The summed E-state index contributed by atoms with van der Waals surface area (Å²) in [6.45, 7) is 6.93. The van der Waals surface area contributed by atoms with Crippen LogP contribution in [0.5, 0.6) is 0 Å². The van der Waals surface area contributed by atoms with Gasteiger partial charge in [0.05, 0.1) is 0 Å². The van der Waals surface area contributed by atoms with E-state index in [0.717, 1.165) is 32.6 Å². The molecule has 0 spiro atoms. The molecule has 5 heteroatoms. The largest absolute Gasteiger partial charge is 0.328 e. The molecule has 118 valence electrons. The fraction of sp³-hybridized carbons (Fsp3) is 0.588. The molecule has 2 aromatic rings. The van der Waals surface area contributed by atoms with E-state index in [0.29, 0.717) is 0 Å². The zero-order valence-corrected chi connectivity index (χ0v) is 14.1. The standard InChI is InChI=1S/C17H24N4S/c1-19-6-4-16-15(13-19)14-3-2-5-18-17(14)21(16)8-7-20-9-11-22-12-10-20/h2-3,5H,4,6-13H2,1H3. The molecule has 0 N–H and O–H groups in total. The molecule has 1 saturated heterocycles. The zero-order chi connectivity index (χ0) is 14.9. The topological polar surface area (TPSA) is 24.3 Å². The minimum Gasteiger partial charge on any atom is -0.328 e. The van der Waals surface area contributed by atoms with Crippen LogP contribution in [0.2, 0.25) is 0 Å². The summed E-state index contributed by atoms with van der Waals surface area (Å²) in [6, 6.07) is 4.32. The first-order valence-corrected chi connectivity index (χ1v) is 9.42. The van der Waals surface area contributed by atoms with E-state index in [1.54, 1.807) is 0 Å². The first-order chi connectivity index (χ1) is 10.8. The number of aromatic nitrogens is 2. The molecule has 2 aliphatic rings. The average Bonchev–Trinajstić information content (AvgIpc) is 2.87. The molecule has 1 fully saturated rings. The van der Waals surface area contributed by atoms with Crippen LogP contribution in [0.1, 0.15) is 11.3 Å². The van der Waals surface area contributed by atoms with Crippen molar-refractivity contribution in [2.75, 3.05) is 44.7 Å². The van der Waals surface area contributed by atoms with E-state index in [9.17, 15) is 0 Å². The van der Waals surface area contributed by atoms with Crippen molar-refractivity contribution in [3.05, 3.63) is 29.6 Å². The van der Waals surface area contributed by atoms with Gasteiger partial charge in [-0.3, -0.25) is 4.90 Å². The Hall–Kier alpha value is -1.04. The fourth-order valence-corrected chi connectivity index (χ4v) is 4.69. The Balaban J connectivity index is 1.64. The van der Waals surface area contributed by atoms with Crippen molar-refractivity contribution in [2.45, 2.75) is 19.5 Å². The van der Waals surface area contributed by atoms with Crippen LogP contribution in [0.3, 0.4) is 0 Å². The molecule has 22 heavy (non-hydrogen) atoms. The molecule has 0 radical (unpaired) electrons. The van der Waals surface area contributed by atoms with Crippen molar-refractivity contribution < 1.29 is 0 Å². The maximum Gasteiger partial charge on any atom is 0.140 e. The van der Waals surface area contributed by atoms with Gasteiger partial charge < -0.3 is 9.47 Å². The molecule has 0 amide bonds. The van der Waals surface area contributed by atoms with Crippen LogP contribution in [0.15, 0.2) is 18.3 Å². The lowest BCUT2D eigenvalue weighted by Gasteiger charge is -2.28. The van der Waals surface area contributed by atoms with Gasteiger partial charge in [0.25, 0.3) is 0 Å². The van der Waals surface area contributed by atoms with Crippen LogP contribution >= 0.6 is 11.8 Å². The quantitative estimate of drug-likeness (QED) is 0.865. The molecule has 0 bridgehead atoms. The number of fused-ring (bicyclic) bond motifs is 3. The molecule has 0 aliphatic carbocycles. The number of hydrogen-bond acceptors (Lipinski definition) is 4. The third kappa shape index (κ3) is 2.66. The molecular weight excluding hydrogens is 292 g/mol. The number of hydrogen-bond donors (Lipinski definition) is 0. The predicted molar refractivity (Wildman–Crippen MR) is 93.5 cm³/mol. The first kappa shape index (κ1) is 14.5. The zero-order valence-electron chi connectivity index (χ0n) is 13.3. The van der Waals surface area contributed by atoms with Crippen LogP contribution in [-0.4, -0.2) is 64.1 Å². The van der Waals surface area contributed by atoms with Gasteiger partial charge in [-0.25, -0.2) is 4.98 Å². The summed E-state index contributed by atoms with van der Waals surface area (Å²) in [5.41, 5.74) is 4.22. The van der Waals surface area contributed by atoms with E-state index < -0.39 is 0 Å². The second-order valence-corrected chi connectivity index (χ2v) is 7.62. The van der Waals surface area contributed by atoms with Crippen LogP contribution < -0.4 is 0 Å². The molecular formula is C17H24N4S. The Bertz CT molecular complexity index is 660. The molecule has 0 saturated carbocycles. The van der Waals surface area contributed by atoms with Gasteiger partial charge in [0.2, 0.25) is 0 Å². The van der Waals surface area contributed by atoms with Gasteiger partial charge in [-0.2, -0.15) is 11.8 Å². The van der Waals surface area contributed by atoms with E-state index in [1.807, 2.05) is 6.20 Å². The normalized spacial score (nSPS) is 20.4. The third-order valence-corrected chi connectivity index (χ3v) is 5.89. The van der Waals surface area contributed by atoms with Crippen molar-refractivity contribution in [1.82, 2.24) is 19.4 Å². The number of thioether (sulfide) groups is 1. The molecule has 2 aromatic heterocycles. The van der Waals surface area contributed by atoms with E-state index >= 15 is 0 Å². The lowest BCUT2D eigenvalue weighted by Crippen LogP contribution is -2.35.